The fourth-order valence-corrected chi connectivity index (χ4v) is 2.91. The Balaban J connectivity index is 1.69. The van der Waals surface area contributed by atoms with Gasteiger partial charge < -0.3 is 14.5 Å². The van der Waals surface area contributed by atoms with Gasteiger partial charge in [-0.25, -0.2) is 9.78 Å². The Hall–Kier alpha value is -2.01. The first-order valence-corrected chi connectivity index (χ1v) is 8.31. The van der Waals surface area contributed by atoms with Crippen molar-refractivity contribution in [1.82, 2.24) is 9.88 Å². The molecule has 6 heteroatoms. The monoisotopic (exact) mass is 333 g/mol. The highest BCUT2D eigenvalue weighted by atomic mass is 35.5. The van der Waals surface area contributed by atoms with E-state index >= 15 is 0 Å². The number of nitrogens with zero attached hydrogens (tertiary/aromatic N) is 3. The number of ether oxygens (including phenoxy) is 1. The van der Waals surface area contributed by atoms with E-state index in [1.54, 1.807) is 4.90 Å². The number of carbonyl (C=O) groups is 1. The number of carbonyl (C=O) groups excluding carboxylic acids is 1. The first kappa shape index (κ1) is 15.9. The number of piperazine rings is 1. The second-order valence-electron chi connectivity index (χ2n) is 5.59. The van der Waals surface area contributed by atoms with E-state index in [0.717, 1.165) is 24.4 Å². The number of amides is 1. The lowest BCUT2D eigenvalue weighted by atomic mass is 10.1. The Morgan fingerprint density at radius 2 is 2.00 bits per heavy atom. The van der Waals surface area contributed by atoms with Crippen LogP contribution < -0.4 is 4.90 Å². The fraction of sp³-hybridized carbons (Fsp3) is 0.412. The molecule has 2 heterocycles. The molecule has 122 valence electrons. The maximum atomic E-state index is 11.8. The van der Waals surface area contributed by atoms with Crippen LogP contribution in [0.4, 0.5) is 10.6 Å². The molecule has 1 saturated heterocycles. The van der Waals surface area contributed by atoms with E-state index in [9.17, 15) is 4.79 Å². The van der Waals surface area contributed by atoms with E-state index in [1.165, 1.54) is 10.9 Å². The summed E-state index contributed by atoms with van der Waals surface area (Å²) >= 11 is 5.54. The van der Waals surface area contributed by atoms with Gasteiger partial charge in [-0.05, 0) is 24.6 Å². The van der Waals surface area contributed by atoms with Gasteiger partial charge in [0.15, 0.2) is 0 Å². The Morgan fingerprint density at radius 3 is 2.74 bits per heavy atom. The molecule has 1 amide bonds. The van der Waals surface area contributed by atoms with E-state index in [1.807, 2.05) is 18.2 Å². The number of hydrogen-bond acceptors (Lipinski definition) is 4. The highest BCUT2D eigenvalue weighted by Crippen LogP contribution is 2.23. The molecule has 0 unspecified atom stereocenters. The van der Waals surface area contributed by atoms with Crippen LogP contribution in [0.1, 0.15) is 5.56 Å². The van der Waals surface area contributed by atoms with Crippen LogP contribution in [0, 0.1) is 6.92 Å². The number of aromatic nitrogens is 1. The minimum atomic E-state index is -0.284. The number of benzene rings is 1. The van der Waals surface area contributed by atoms with Crippen LogP contribution in [-0.2, 0) is 4.74 Å². The van der Waals surface area contributed by atoms with Gasteiger partial charge in [0.2, 0.25) is 0 Å². The summed E-state index contributed by atoms with van der Waals surface area (Å²) in [7, 11) is 0. The van der Waals surface area contributed by atoms with Crippen molar-refractivity contribution in [3.05, 3.63) is 35.9 Å². The number of aryl methyl sites for hydroxylation is 1. The van der Waals surface area contributed by atoms with Gasteiger partial charge in [0.25, 0.3) is 0 Å². The van der Waals surface area contributed by atoms with Crippen molar-refractivity contribution in [2.24, 2.45) is 0 Å². The molecular weight excluding hydrogens is 314 g/mol. The molecule has 1 aromatic heterocycles. The van der Waals surface area contributed by atoms with Crippen LogP contribution in [-0.4, -0.2) is 54.6 Å². The van der Waals surface area contributed by atoms with E-state index in [2.05, 4.69) is 24.0 Å². The van der Waals surface area contributed by atoms with Gasteiger partial charge in [-0.3, -0.25) is 0 Å². The third kappa shape index (κ3) is 3.50. The number of pyridine rings is 1. The molecule has 2 aromatic rings. The Morgan fingerprint density at radius 1 is 1.26 bits per heavy atom. The number of hydrogen-bond donors (Lipinski definition) is 0. The number of alkyl halides is 1. The number of anilines is 1. The lowest BCUT2D eigenvalue weighted by Crippen LogP contribution is -2.49. The second-order valence-corrected chi connectivity index (χ2v) is 5.97. The average molecular weight is 334 g/mol. The lowest BCUT2D eigenvalue weighted by molar-refractivity contribution is 0.105. The molecule has 0 atom stereocenters. The molecule has 0 aliphatic carbocycles. The number of fused-ring (bicyclic) bond motifs is 1. The highest BCUT2D eigenvalue weighted by Gasteiger charge is 2.23. The molecule has 0 spiro atoms. The van der Waals surface area contributed by atoms with Crippen molar-refractivity contribution in [2.75, 3.05) is 43.6 Å². The zero-order valence-corrected chi connectivity index (χ0v) is 13.9. The summed E-state index contributed by atoms with van der Waals surface area (Å²) in [5.41, 5.74) is 2.22. The van der Waals surface area contributed by atoms with Gasteiger partial charge in [-0.2, -0.15) is 0 Å². The quantitative estimate of drug-likeness (QED) is 0.810. The van der Waals surface area contributed by atoms with Crippen molar-refractivity contribution in [3.63, 3.8) is 0 Å². The molecular formula is C17H20ClN3O2. The Labute approximate surface area is 140 Å². The summed E-state index contributed by atoms with van der Waals surface area (Å²) < 4.78 is 5.07. The zero-order valence-electron chi connectivity index (χ0n) is 13.2. The van der Waals surface area contributed by atoms with Gasteiger partial charge in [-0.15, -0.1) is 11.6 Å². The second kappa shape index (κ2) is 7.04. The molecule has 0 bridgehead atoms. The zero-order chi connectivity index (χ0) is 16.2. The van der Waals surface area contributed by atoms with E-state index in [4.69, 9.17) is 21.3 Å². The van der Waals surface area contributed by atoms with Crippen molar-refractivity contribution in [2.45, 2.75) is 6.92 Å². The van der Waals surface area contributed by atoms with E-state index in [0.29, 0.717) is 19.0 Å². The summed E-state index contributed by atoms with van der Waals surface area (Å²) in [5, 5.41) is 1.18. The van der Waals surface area contributed by atoms with Crippen molar-refractivity contribution >= 4 is 34.4 Å². The van der Waals surface area contributed by atoms with Gasteiger partial charge >= 0.3 is 6.09 Å². The Bertz CT molecular complexity index is 699. The first-order valence-electron chi connectivity index (χ1n) is 7.78. The average Bonchev–Trinajstić information content (AvgIpc) is 2.60. The molecule has 1 aliphatic heterocycles. The fourth-order valence-electron chi connectivity index (χ4n) is 2.83. The summed E-state index contributed by atoms with van der Waals surface area (Å²) in [6, 6.07) is 10.3. The highest BCUT2D eigenvalue weighted by molar-refractivity contribution is 6.18. The maximum absolute atomic E-state index is 11.8. The molecule has 3 rings (SSSR count). The summed E-state index contributed by atoms with van der Waals surface area (Å²) in [4.78, 5) is 20.5. The van der Waals surface area contributed by atoms with Crippen LogP contribution in [0.3, 0.4) is 0 Å². The molecule has 1 fully saturated rings. The van der Waals surface area contributed by atoms with Gasteiger partial charge in [0.05, 0.1) is 11.4 Å². The summed E-state index contributed by atoms with van der Waals surface area (Å²) in [6.45, 7) is 5.13. The van der Waals surface area contributed by atoms with Crippen LogP contribution in [0.2, 0.25) is 0 Å². The van der Waals surface area contributed by atoms with Gasteiger partial charge in [0.1, 0.15) is 12.4 Å². The maximum Gasteiger partial charge on any atom is 0.409 e. The van der Waals surface area contributed by atoms with Crippen molar-refractivity contribution in [3.8, 4) is 0 Å². The molecule has 0 N–H and O–H groups in total. The van der Waals surface area contributed by atoms with Crippen molar-refractivity contribution in [1.29, 1.82) is 0 Å². The predicted molar refractivity (Wildman–Crippen MR) is 92.3 cm³/mol. The SMILES string of the molecule is Cc1cc(N2CCN(C(=O)OCCCl)CC2)nc2ccccc12. The van der Waals surface area contributed by atoms with Gasteiger partial charge in [-0.1, -0.05) is 18.2 Å². The minimum absolute atomic E-state index is 0.256. The number of rotatable bonds is 3. The smallest absolute Gasteiger partial charge is 0.409 e. The standard InChI is InChI=1S/C17H20ClN3O2/c1-13-12-16(19-15-5-3-2-4-14(13)15)20-7-9-21(10-8-20)17(22)23-11-6-18/h2-5,12H,6-11H2,1H3. The van der Waals surface area contributed by atoms with Crippen LogP contribution in [0.5, 0.6) is 0 Å². The molecule has 1 aromatic carbocycles. The first-order chi connectivity index (χ1) is 11.2. The molecule has 23 heavy (non-hydrogen) atoms. The third-order valence-corrected chi connectivity index (χ3v) is 4.23. The van der Waals surface area contributed by atoms with Crippen LogP contribution in [0.15, 0.2) is 30.3 Å². The molecule has 5 nitrogen and oxygen atoms in total. The molecule has 0 saturated carbocycles. The molecule has 0 radical (unpaired) electrons. The number of halogens is 1. The number of para-hydroxylation sites is 1. The largest absolute Gasteiger partial charge is 0.448 e. The van der Waals surface area contributed by atoms with E-state index < -0.39 is 0 Å². The van der Waals surface area contributed by atoms with E-state index in [-0.39, 0.29) is 12.7 Å². The predicted octanol–water partition coefficient (Wildman–Crippen LogP) is 3.04. The van der Waals surface area contributed by atoms with Gasteiger partial charge in [0, 0.05) is 31.6 Å². The lowest BCUT2D eigenvalue weighted by Gasteiger charge is -2.35. The van der Waals surface area contributed by atoms with Crippen molar-refractivity contribution < 1.29 is 9.53 Å². The summed E-state index contributed by atoms with van der Waals surface area (Å²) in [5.74, 6) is 1.29. The normalized spacial score (nSPS) is 15.0. The third-order valence-electron chi connectivity index (χ3n) is 4.07. The topological polar surface area (TPSA) is 45.7 Å². The molecule has 1 aliphatic rings. The Kier molecular flexibility index (Phi) is 4.86. The minimum Gasteiger partial charge on any atom is -0.448 e. The van der Waals surface area contributed by atoms with Crippen LogP contribution >= 0.6 is 11.6 Å². The van der Waals surface area contributed by atoms with Crippen LogP contribution in [0.25, 0.3) is 10.9 Å². The summed E-state index contributed by atoms with van der Waals surface area (Å²) in [6.07, 6.45) is -0.284.